The fourth-order valence-electron chi connectivity index (χ4n) is 0.108. The summed E-state index contributed by atoms with van der Waals surface area (Å²) in [6.07, 6.45) is 0. The summed E-state index contributed by atoms with van der Waals surface area (Å²) in [5.41, 5.74) is 0. The van der Waals surface area contributed by atoms with E-state index in [4.69, 9.17) is 0 Å². The van der Waals surface area contributed by atoms with Gasteiger partial charge in [0.15, 0.2) is 0 Å². The van der Waals surface area contributed by atoms with Crippen LogP contribution in [0, 0.1) is 0 Å². The molecular weight excluding hydrogens is 129 g/mol. The number of hydrogen-bond acceptors (Lipinski definition) is 3. The predicted octanol–water partition coefficient (Wildman–Crippen LogP) is -1.20. The van der Waals surface area contributed by atoms with Gasteiger partial charge in [0.05, 0.1) is 0 Å². The highest BCUT2D eigenvalue weighted by Gasteiger charge is 1.79. The molecule has 0 unspecified atom stereocenters. The largest absolute Gasteiger partial charge is 0.430 e. The minimum Gasteiger partial charge on any atom is -0.430 e. The molecule has 0 saturated heterocycles. The molecule has 2 amide bonds. The normalized spacial score (nSPS) is 13.1. The number of rotatable bonds is 0. The van der Waals surface area contributed by atoms with Gasteiger partial charge in [-0.2, -0.15) is 0 Å². The summed E-state index contributed by atoms with van der Waals surface area (Å²) in [6.45, 7) is 0. The first-order valence-electron chi connectivity index (χ1n) is 1.55. The number of nitrogens with one attached hydrogen (secondary N) is 1. The van der Waals surface area contributed by atoms with E-state index in [1.807, 2.05) is 0 Å². The Hall–Kier alpha value is -0.555. The predicted molar refractivity (Wildman–Crippen MR) is 29.0 cm³/mol. The van der Waals surface area contributed by atoms with Gasteiger partial charge < -0.3 is 18.9 Å². The van der Waals surface area contributed by atoms with Crippen molar-refractivity contribution in [1.82, 2.24) is 5.23 Å². The van der Waals surface area contributed by atoms with Crippen molar-refractivity contribution < 1.29 is 9.00 Å². The van der Waals surface area contributed by atoms with Crippen LogP contribution >= 0.6 is 0 Å². The average Bonchev–Trinajstić information content (AvgIpc) is 1.65. The maximum Gasteiger partial charge on any atom is 0.305 e. The van der Waals surface area contributed by atoms with E-state index >= 15 is 0 Å². The van der Waals surface area contributed by atoms with E-state index in [9.17, 15) is 9.00 Å². The van der Waals surface area contributed by atoms with Gasteiger partial charge in [0.2, 0.25) is 7.98 Å². The molecule has 0 spiro atoms. The van der Waals surface area contributed by atoms with Crippen molar-refractivity contribution in [2.24, 2.45) is 9.50 Å². The minimum atomic E-state index is -1.96. The second-order valence-electron chi connectivity index (χ2n) is 0.817. The van der Waals surface area contributed by atoms with Gasteiger partial charge in [0.1, 0.15) is 0 Å². The van der Waals surface area contributed by atoms with Crippen LogP contribution < -0.4 is 10.4 Å². The number of nitrogens with zero attached hydrogens (tertiary/aromatic N) is 1. The fourth-order valence-corrected chi connectivity index (χ4v) is 0.324. The third-order valence-electron chi connectivity index (χ3n) is 0.296. The summed E-state index contributed by atoms with van der Waals surface area (Å²) in [6, 6.07) is -0.897. The van der Waals surface area contributed by atoms with E-state index in [1.54, 1.807) is 5.23 Å². The highest BCUT2D eigenvalue weighted by Crippen LogP contribution is 1.67. The summed E-state index contributed by atoms with van der Waals surface area (Å²) in [5, 5.41) is 6.18. The molecule has 0 aromatic heterocycles. The quantitative estimate of drug-likeness (QED) is 0.320. The van der Waals surface area contributed by atoms with Crippen molar-refractivity contribution in [3.05, 3.63) is 0 Å². The van der Waals surface area contributed by atoms with E-state index in [2.05, 4.69) is 17.5 Å². The average molecular weight is 132 g/mol. The van der Waals surface area contributed by atoms with Crippen LogP contribution in [0.25, 0.3) is 0 Å². The molecule has 0 aliphatic heterocycles. The Kier molecular flexibility index (Phi) is 3.21. The molecule has 44 valence electrons. The number of carbonyl (C=O) groups excluding carboxylic acids is 1. The highest BCUT2D eigenvalue weighted by atomic mass is 32.2. The monoisotopic (exact) mass is 132 g/mol. The highest BCUT2D eigenvalue weighted by molar-refractivity contribution is 7.72. The zero-order valence-electron chi connectivity index (χ0n) is 3.83. The second kappa shape index (κ2) is 3.45. The van der Waals surface area contributed by atoms with Crippen LogP contribution in [0.2, 0.25) is 0 Å². The Bertz CT molecular complexity index is 161. The molecule has 0 bridgehead atoms. The van der Waals surface area contributed by atoms with Gasteiger partial charge in [0, 0.05) is 0 Å². The maximum atomic E-state index is 9.95. The van der Waals surface area contributed by atoms with Crippen LogP contribution in [0.1, 0.15) is 0 Å². The van der Waals surface area contributed by atoms with Gasteiger partial charge in [-0.15, -0.1) is 10.8 Å². The van der Waals surface area contributed by atoms with E-state index in [-0.39, 0.29) is 0 Å². The van der Waals surface area contributed by atoms with Crippen LogP contribution in [0.15, 0.2) is 4.36 Å². The van der Waals surface area contributed by atoms with E-state index in [1.165, 1.54) is 0 Å². The van der Waals surface area contributed by atoms with Gasteiger partial charge in [0.25, 0.3) is 0 Å². The number of amides is 2. The lowest BCUT2D eigenvalue weighted by Gasteiger charge is -1.92. The summed E-state index contributed by atoms with van der Waals surface area (Å²) in [5.74, 6) is 0. The van der Waals surface area contributed by atoms with Crippen LogP contribution in [0.3, 0.4) is 0 Å². The minimum absolute atomic E-state index is 0.897. The Balaban J connectivity index is 3.90. The molecule has 0 aliphatic rings. The molecule has 0 aliphatic carbocycles. The molecular formula is CH3BN3O2S-. The Morgan fingerprint density at radius 1 is 1.88 bits per heavy atom. The standard InChI is InChI=1S/CH3BN3O2S/c2-4-1(6)5-8(3)7/h(H3,3,4,5,6,7)/q-1. The number of hydrogen-bond donors (Lipinski definition) is 2. The number of nitrogens with two attached hydrogens (primary N) is 1. The number of urea groups is 1. The first-order valence-corrected chi connectivity index (χ1v) is 2.72. The molecule has 0 aromatic carbocycles. The summed E-state index contributed by atoms with van der Waals surface area (Å²) >= 11 is 0. The molecule has 5 nitrogen and oxygen atoms in total. The first kappa shape index (κ1) is 7.44. The molecule has 0 heterocycles. The molecule has 0 rings (SSSR count). The number of carbonyl (C=O) groups is 1. The van der Waals surface area contributed by atoms with Crippen LogP contribution in [-0.4, -0.2) is 14.0 Å². The van der Waals surface area contributed by atoms with Crippen molar-refractivity contribution in [2.45, 2.75) is 0 Å². The Morgan fingerprint density at radius 3 is 2.50 bits per heavy atom. The topological polar surface area (TPSA) is 84.6 Å². The zero-order valence-corrected chi connectivity index (χ0v) is 4.64. The van der Waals surface area contributed by atoms with Gasteiger partial charge in [-0.1, -0.05) is 0 Å². The lowest BCUT2D eigenvalue weighted by atomic mass is 10.4. The lowest BCUT2D eigenvalue weighted by Crippen LogP contribution is -2.15. The van der Waals surface area contributed by atoms with Crippen molar-refractivity contribution >= 4 is 24.8 Å². The third kappa shape index (κ3) is 3.63. The first-order chi connectivity index (χ1) is 3.66. The smallest absolute Gasteiger partial charge is 0.305 e. The maximum absolute atomic E-state index is 9.95. The lowest BCUT2D eigenvalue weighted by molar-refractivity contribution is 0.254. The fraction of sp³-hybridized carbons (Fsp3) is 0. The van der Waals surface area contributed by atoms with Crippen molar-refractivity contribution in [2.75, 3.05) is 0 Å². The molecule has 0 atom stereocenters. The van der Waals surface area contributed by atoms with E-state index in [0.29, 0.717) is 0 Å². The summed E-state index contributed by atoms with van der Waals surface area (Å²) < 4.78 is 12.6. The zero-order chi connectivity index (χ0) is 6.57. The molecule has 2 radical (unpaired) electrons. The van der Waals surface area contributed by atoms with Gasteiger partial charge in [-0.3, -0.25) is 0 Å². The molecule has 3 N–H and O–H groups in total. The second-order valence-corrected chi connectivity index (χ2v) is 1.55. The van der Waals surface area contributed by atoms with Crippen molar-refractivity contribution in [1.29, 1.82) is 0 Å². The van der Waals surface area contributed by atoms with E-state index in [0.717, 1.165) is 0 Å². The van der Waals surface area contributed by atoms with Gasteiger partial charge >= 0.3 is 6.03 Å². The molecule has 0 saturated carbocycles. The molecule has 0 fully saturated rings. The molecule has 7 heteroatoms. The van der Waals surface area contributed by atoms with E-state index < -0.39 is 16.8 Å². The van der Waals surface area contributed by atoms with Crippen LogP contribution in [-0.2, 0) is 15.0 Å². The SMILES string of the molecule is [B]NC(=O)N=[S-](N)=O. The van der Waals surface area contributed by atoms with Gasteiger partial charge in [-0.25, -0.2) is 4.79 Å². The Morgan fingerprint density at radius 2 is 2.38 bits per heavy atom. The van der Waals surface area contributed by atoms with Gasteiger partial charge in [-0.05, 0) is 0 Å². The molecule has 0 aromatic rings. The summed E-state index contributed by atoms with van der Waals surface area (Å²) in [4.78, 5) is 9.95. The van der Waals surface area contributed by atoms with Crippen LogP contribution in [0.5, 0.6) is 0 Å². The Labute approximate surface area is 49.4 Å². The van der Waals surface area contributed by atoms with Crippen molar-refractivity contribution in [3.63, 3.8) is 0 Å². The summed E-state index contributed by atoms with van der Waals surface area (Å²) in [7, 11) is 2.57. The van der Waals surface area contributed by atoms with Crippen LogP contribution in [0.4, 0.5) is 4.79 Å². The van der Waals surface area contributed by atoms with Crippen molar-refractivity contribution in [3.8, 4) is 0 Å². The molecule has 8 heavy (non-hydrogen) atoms. The third-order valence-corrected chi connectivity index (χ3v) is 0.642.